The summed E-state index contributed by atoms with van der Waals surface area (Å²) in [7, 11) is -4.57. The average molecular weight is 227 g/mol. The maximum atomic E-state index is 10.8. The Hall–Kier alpha value is -0.540. The van der Waals surface area contributed by atoms with Crippen LogP contribution >= 0.6 is 0 Å². The molecule has 0 spiro atoms. The second-order valence-corrected chi connectivity index (χ2v) is 4.39. The Bertz CT molecular complexity index is 287. The Morgan fingerprint density at radius 2 is 1.93 bits per heavy atom. The van der Waals surface area contributed by atoms with Gasteiger partial charge in [-0.3, -0.25) is 9.35 Å². The highest BCUT2D eigenvalue weighted by atomic mass is 32.2. The number of Topliss-reactive ketones (excluding diaryl/α,β-unsaturated/α-hetero) is 1. The normalized spacial score (nSPS) is 16.3. The third-order valence-corrected chi connectivity index (χ3v) is 2.90. The molecular formula is C6H13NO6S. The monoisotopic (exact) mass is 227 g/mol. The first-order valence-corrected chi connectivity index (χ1v) is 5.30. The van der Waals surface area contributed by atoms with Gasteiger partial charge in [0.05, 0.1) is 19.3 Å². The molecule has 0 saturated heterocycles. The molecule has 0 amide bonds. The molecule has 14 heavy (non-hydrogen) atoms. The summed E-state index contributed by atoms with van der Waals surface area (Å²) in [6.45, 7) is -1.24. The van der Waals surface area contributed by atoms with Crippen molar-refractivity contribution in [2.75, 3.05) is 13.2 Å². The van der Waals surface area contributed by atoms with E-state index in [4.69, 9.17) is 20.5 Å². The Morgan fingerprint density at radius 1 is 1.43 bits per heavy atom. The summed E-state index contributed by atoms with van der Waals surface area (Å²) in [5.41, 5.74) is 4.94. The fourth-order valence-electron chi connectivity index (χ4n) is 0.865. The van der Waals surface area contributed by atoms with Crippen molar-refractivity contribution in [3.05, 3.63) is 0 Å². The molecule has 5 N–H and O–H groups in total. The van der Waals surface area contributed by atoms with Crippen LogP contribution in [0.2, 0.25) is 0 Å². The van der Waals surface area contributed by atoms with Crippen LogP contribution in [0.15, 0.2) is 0 Å². The van der Waals surface area contributed by atoms with Crippen LogP contribution in [0.25, 0.3) is 0 Å². The fourth-order valence-corrected chi connectivity index (χ4v) is 1.74. The summed E-state index contributed by atoms with van der Waals surface area (Å²) in [5.74, 6) is -0.625. The zero-order valence-electron chi connectivity index (χ0n) is 7.33. The molecule has 84 valence electrons. The topological polar surface area (TPSA) is 138 Å². The van der Waals surface area contributed by atoms with E-state index in [1.54, 1.807) is 0 Å². The number of aliphatic hydroxyl groups excluding tert-OH is 2. The van der Waals surface area contributed by atoms with Crippen molar-refractivity contribution in [2.24, 2.45) is 5.73 Å². The number of aliphatic hydroxyl groups is 2. The second-order valence-electron chi connectivity index (χ2n) is 2.75. The molecule has 0 heterocycles. The van der Waals surface area contributed by atoms with Crippen molar-refractivity contribution in [1.82, 2.24) is 0 Å². The maximum Gasteiger partial charge on any atom is 0.270 e. The van der Waals surface area contributed by atoms with E-state index in [1.807, 2.05) is 0 Å². The van der Waals surface area contributed by atoms with Crippen LogP contribution < -0.4 is 5.73 Å². The van der Waals surface area contributed by atoms with Gasteiger partial charge in [0, 0.05) is 6.42 Å². The number of carbonyl (C=O) groups excluding carboxylic acids is 1. The molecule has 2 unspecified atom stereocenters. The van der Waals surface area contributed by atoms with Gasteiger partial charge in [-0.05, 0) is 0 Å². The molecule has 0 aromatic rings. The lowest BCUT2D eigenvalue weighted by molar-refractivity contribution is -0.118. The number of rotatable bonds is 6. The summed E-state index contributed by atoms with van der Waals surface area (Å²) in [6.07, 6.45) is -2.31. The molecule has 0 aliphatic rings. The van der Waals surface area contributed by atoms with Crippen LogP contribution in [0.3, 0.4) is 0 Å². The summed E-state index contributed by atoms with van der Waals surface area (Å²) in [6, 6.07) is 0. The third-order valence-electron chi connectivity index (χ3n) is 1.66. The maximum absolute atomic E-state index is 10.8. The molecule has 0 saturated carbocycles. The predicted molar refractivity (Wildman–Crippen MR) is 47.1 cm³/mol. The first-order chi connectivity index (χ1) is 6.32. The van der Waals surface area contributed by atoms with Crippen molar-refractivity contribution in [3.8, 4) is 0 Å². The number of carbonyl (C=O) groups is 1. The molecule has 0 rings (SSSR count). The van der Waals surface area contributed by atoms with Crippen LogP contribution in [0, 0.1) is 0 Å². The zero-order chi connectivity index (χ0) is 11.4. The summed E-state index contributed by atoms with van der Waals surface area (Å²) in [4.78, 5) is 10.8. The van der Waals surface area contributed by atoms with Gasteiger partial charge < -0.3 is 15.9 Å². The lowest BCUT2D eigenvalue weighted by Gasteiger charge is -2.16. The standard InChI is InChI=1S/C6H13NO6S/c7-2-4(9)1-6(5(10)3-8)14(11,12)13/h5-6,8,10H,1-3,7H2,(H,11,12,13). The number of ketones is 1. The number of hydrogen-bond acceptors (Lipinski definition) is 6. The Morgan fingerprint density at radius 3 is 2.21 bits per heavy atom. The average Bonchev–Trinajstić information content (AvgIpc) is 2.10. The van der Waals surface area contributed by atoms with Gasteiger partial charge in [0.2, 0.25) is 0 Å². The van der Waals surface area contributed by atoms with E-state index in [1.165, 1.54) is 0 Å². The smallest absolute Gasteiger partial charge is 0.270 e. The molecular weight excluding hydrogens is 214 g/mol. The summed E-state index contributed by atoms with van der Waals surface area (Å²) < 4.78 is 30.0. The molecule has 0 radical (unpaired) electrons. The van der Waals surface area contributed by atoms with Crippen LogP contribution in [-0.2, 0) is 14.9 Å². The Kier molecular flexibility index (Phi) is 5.16. The Balaban J connectivity index is 4.67. The highest BCUT2D eigenvalue weighted by Gasteiger charge is 2.32. The van der Waals surface area contributed by atoms with Gasteiger partial charge >= 0.3 is 0 Å². The van der Waals surface area contributed by atoms with Crippen LogP contribution in [0.1, 0.15) is 6.42 Å². The van der Waals surface area contributed by atoms with Gasteiger partial charge in [-0.25, -0.2) is 0 Å². The largest absolute Gasteiger partial charge is 0.394 e. The number of hydrogen-bond donors (Lipinski definition) is 4. The van der Waals surface area contributed by atoms with Gasteiger partial charge in [-0.15, -0.1) is 0 Å². The molecule has 2 atom stereocenters. The van der Waals surface area contributed by atoms with E-state index in [-0.39, 0.29) is 6.54 Å². The zero-order valence-corrected chi connectivity index (χ0v) is 8.14. The third kappa shape index (κ3) is 4.11. The molecule has 7 nitrogen and oxygen atoms in total. The van der Waals surface area contributed by atoms with Crippen molar-refractivity contribution >= 4 is 15.9 Å². The van der Waals surface area contributed by atoms with E-state index in [0.29, 0.717) is 0 Å². The lowest BCUT2D eigenvalue weighted by atomic mass is 10.1. The SMILES string of the molecule is NCC(=O)CC(C(O)CO)S(=O)(=O)O. The number of nitrogens with two attached hydrogens (primary N) is 1. The van der Waals surface area contributed by atoms with Gasteiger partial charge in [0.1, 0.15) is 11.0 Å². The van der Waals surface area contributed by atoms with Crippen LogP contribution in [0.4, 0.5) is 0 Å². The molecule has 0 aliphatic carbocycles. The Labute approximate surface area is 81.3 Å². The molecule has 0 bridgehead atoms. The van der Waals surface area contributed by atoms with Crippen LogP contribution in [0.5, 0.6) is 0 Å². The van der Waals surface area contributed by atoms with Gasteiger partial charge in [0.25, 0.3) is 10.1 Å². The van der Waals surface area contributed by atoms with E-state index in [0.717, 1.165) is 0 Å². The van der Waals surface area contributed by atoms with E-state index < -0.39 is 40.3 Å². The van der Waals surface area contributed by atoms with E-state index in [9.17, 15) is 13.2 Å². The van der Waals surface area contributed by atoms with Gasteiger partial charge in [-0.2, -0.15) is 8.42 Å². The summed E-state index contributed by atoms with van der Waals surface area (Å²) >= 11 is 0. The van der Waals surface area contributed by atoms with Gasteiger partial charge in [-0.1, -0.05) is 0 Å². The first kappa shape index (κ1) is 13.5. The quantitative estimate of drug-likeness (QED) is 0.368. The van der Waals surface area contributed by atoms with Crippen molar-refractivity contribution in [3.63, 3.8) is 0 Å². The minimum Gasteiger partial charge on any atom is -0.394 e. The van der Waals surface area contributed by atoms with Crippen LogP contribution in [-0.4, -0.2) is 53.5 Å². The highest BCUT2D eigenvalue weighted by Crippen LogP contribution is 2.09. The molecule has 0 aromatic carbocycles. The van der Waals surface area contributed by atoms with E-state index >= 15 is 0 Å². The molecule has 8 heteroatoms. The van der Waals surface area contributed by atoms with Crippen molar-refractivity contribution in [1.29, 1.82) is 0 Å². The minimum absolute atomic E-state index is 0.385. The van der Waals surface area contributed by atoms with Gasteiger partial charge in [0.15, 0.2) is 0 Å². The first-order valence-electron chi connectivity index (χ1n) is 3.80. The molecule has 0 aromatic heterocycles. The highest BCUT2D eigenvalue weighted by molar-refractivity contribution is 7.86. The van der Waals surface area contributed by atoms with E-state index in [2.05, 4.69) is 0 Å². The molecule has 0 fully saturated rings. The minimum atomic E-state index is -4.57. The fraction of sp³-hybridized carbons (Fsp3) is 0.833. The second kappa shape index (κ2) is 5.37. The molecule has 0 aliphatic heterocycles. The predicted octanol–water partition coefficient (Wildman–Crippen LogP) is -2.49. The van der Waals surface area contributed by atoms with Crippen molar-refractivity contribution in [2.45, 2.75) is 17.8 Å². The lowest BCUT2D eigenvalue weighted by Crippen LogP contribution is -2.39. The summed E-state index contributed by atoms with van der Waals surface area (Å²) in [5, 5.41) is 15.8. The van der Waals surface area contributed by atoms with Crippen molar-refractivity contribution < 1.29 is 28.0 Å².